The number of benzene rings is 1. The van der Waals surface area contributed by atoms with Gasteiger partial charge in [-0.15, -0.1) is 0 Å². The van der Waals surface area contributed by atoms with Crippen LogP contribution in [0.5, 0.6) is 5.75 Å². The van der Waals surface area contributed by atoms with Gasteiger partial charge in [0.1, 0.15) is 11.3 Å². The van der Waals surface area contributed by atoms with Gasteiger partial charge in [0.05, 0.1) is 20.0 Å². The Morgan fingerprint density at radius 2 is 2.00 bits per heavy atom. The molecule has 1 aromatic carbocycles. The van der Waals surface area contributed by atoms with Crippen molar-refractivity contribution in [3.05, 3.63) is 40.2 Å². The molecular formula is C12H12O6S. The summed E-state index contributed by atoms with van der Waals surface area (Å²) in [5.74, 6) is 0.539. The van der Waals surface area contributed by atoms with Crippen LogP contribution in [0.1, 0.15) is 5.56 Å². The Hall–Kier alpha value is -1.86. The first-order chi connectivity index (χ1) is 8.89. The van der Waals surface area contributed by atoms with Crippen LogP contribution in [0.2, 0.25) is 0 Å². The van der Waals surface area contributed by atoms with Gasteiger partial charge in [-0.1, -0.05) is 0 Å². The van der Waals surface area contributed by atoms with Crippen molar-refractivity contribution in [2.75, 3.05) is 13.4 Å². The number of hydrogen-bond acceptors (Lipinski definition) is 6. The SMILES string of the molecule is COc1ccc2c(COS(C)(=O)=O)cc(=O)oc2c1. The second-order valence-electron chi connectivity index (χ2n) is 3.92. The lowest BCUT2D eigenvalue weighted by molar-refractivity contribution is 0.312. The zero-order chi connectivity index (χ0) is 14.0. The van der Waals surface area contributed by atoms with E-state index < -0.39 is 15.7 Å². The highest BCUT2D eigenvalue weighted by Crippen LogP contribution is 2.23. The summed E-state index contributed by atoms with van der Waals surface area (Å²) in [6, 6.07) is 6.13. The number of methoxy groups -OCH3 is 1. The Bertz CT molecular complexity index is 759. The zero-order valence-corrected chi connectivity index (χ0v) is 11.2. The maximum atomic E-state index is 11.4. The fourth-order valence-electron chi connectivity index (χ4n) is 1.63. The van der Waals surface area contributed by atoms with Gasteiger partial charge in [0.2, 0.25) is 0 Å². The Kier molecular flexibility index (Phi) is 3.59. The molecule has 0 unspecified atom stereocenters. The standard InChI is InChI=1S/C12H12O6S/c1-16-9-3-4-10-8(7-17-19(2,14)15)5-12(13)18-11(10)6-9/h3-6H,7H2,1-2H3. The molecule has 102 valence electrons. The molecule has 0 N–H and O–H groups in total. The topological polar surface area (TPSA) is 82.8 Å². The molecule has 0 amide bonds. The van der Waals surface area contributed by atoms with E-state index in [0.29, 0.717) is 22.3 Å². The number of hydrogen-bond donors (Lipinski definition) is 0. The summed E-state index contributed by atoms with van der Waals surface area (Å²) < 4.78 is 36.7. The van der Waals surface area contributed by atoms with Crippen molar-refractivity contribution < 1.29 is 21.8 Å². The van der Waals surface area contributed by atoms with Gasteiger partial charge >= 0.3 is 5.63 Å². The molecule has 0 aliphatic heterocycles. The first-order valence-electron chi connectivity index (χ1n) is 5.34. The third kappa shape index (κ3) is 3.33. The smallest absolute Gasteiger partial charge is 0.336 e. The van der Waals surface area contributed by atoms with Gasteiger partial charge in [-0.3, -0.25) is 4.18 Å². The first kappa shape index (κ1) is 13.6. The van der Waals surface area contributed by atoms with Crippen molar-refractivity contribution in [2.24, 2.45) is 0 Å². The van der Waals surface area contributed by atoms with Gasteiger partial charge in [0, 0.05) is 17.5 Å². The molecule has 7 heteroatoms. The van der Waals surface area contributed by atoms with Crippen LogP contribution < -0.4 is 10.4 Å². The minimum absolute atomic E-state index is 0.215. The minimum Gasteiger partial charge on any atom is -0.497 e. The van der Waals surface area contributed by atoms with Crippen molar-refractivity contribution >= 4 is 21.1 Å². The molecule has 0 saturated heterocycles. The van der Waals surface area contributed by atoms with Crippen LogP contribution >= 0.6 is 0 Å². The lowest BCUT2D eigenvalue weighted by Crippen LogP contribution is -2.06. The van der Waals surface area contributed by atoms with Crippen LogP contribution in [0.4, 0.5) is 0 Å². The van der Waals surface area contributed by atoms with E-state index in [-0.39, 0.29) is 6.61 Å². The quantitative estimate of drug-likeness (QED) is 0.621. The summed E-state index contributed by atoms with van der Waals surface area (Å²) in [6.07, 6.45) is 0.948. The van der Waals surface area contributed by atoms with Crippen molar-refractivity contribution in [3.8, 4) is 5.75 Å². The highest BCUT2D eigenvalue weighted by molar-refractivity contribution is 7.85. The van der Waals surface area contributed by atoms with Crippen LogP contribution in [0.15, 0.2) is 33.5 Å². The highest BCUT2D eigenvalue weighted by atomic mass is 32.2. The molecule has 1 heterocycles. The second-order valence-corrected chi connectivity index (χ2v) is 5.56. The average Bonchev–Trinajstić information content (AvgIpc) is 2.34. The molecule has 1 aromatic heterocycles. The van der Waals surface area contributed by atoms with Gasteiger partial charge in [0.25, 0.3) is 10.1 Å². The Labute approximate surface area is 109 Å². The summed E-state index contributed by atoms with van der Waals surface area (Å²) in [5.41, 5.74) is 0.186. The van der Waals surface area contributed by atoms with E-state index in [1.54, 1.807) is 18.2 Å². The molecular weight excluding hydrogens is 272 g/mol. The molecule has 2 rings (SSSR count). The van der Waals surface area contributed by atoms with Crippen LogP contribution in [0.25, 0.3) is 11.0 Å². The minimum atomic E-state index is -3.57. The van der Waals surface area contributed by atoms with Crippen LogP contribution in [-0.2, 0) is 20.9 Å². The van der Waals surface area contributed by atoms with Crippen LogP contribution in [0, 0.1) is 0 Å². The van der Waals surface area contributed by atoms with Gasteiger partial charge in [-0.2, -0.15) is 8.42 Å². The van der Waals surface area contributed by atoms with Crippen LogP contribution in [-0.4, -0.2) is 21.8 Å². The molecule has 0 spiro atoms. The van der Waals surface area contributed by atoms with Gasteiger partial charge < -0.3 is 9.15 Å². The summed E-state index contributed by atoms with van der Waals surface area (Å²) in [4.78, 5) is 11.4. The van der Waals surface area contributed by atoms with E-state index in [1.165, 1.54) is 13.2 Å². The number of ether oxygens (including phenoxy) is 1. The largest absolute Gasteiger partial charge is 0.497 e. The van der Waals surface area contributed by atoms with Crippen molar-refractivity contribution in [2.45, 2.75) is 6.61 Å². The highest BCUT2D eigenvalue weighted by Gasteiger charge is 2.10. The molecule has 19 heavy (non-hydrogen) atoms. The predicted molar refractivity (Wildman–Crippen MR) is 68.7 cm³/mol. The summed E-state index contributed by atoms with van der Waals surface area (Å²) >= 11 is 0. The lowest BCUT2D eigenvalue weighted by atomic mass is 10.1. The molecule has 6 nitrogen and oxygen atoms in total. The van der Waals surface area contributed by atoms with Gasteiger partial charge in [0.15, 0.2) is 0 Å². The zero-order valence-electron chi connectivity index (χ0n) is 10.4. The monoisotopic (exact) mass is 284 g/mol. The molecule has 0 bridgehead atoms. The molecule has 2 aromatic rings. The summed E-state index contributed by atoms with van der Waals surface area (Å²) in [5, 5.41) is 0.601. The Morgan fingerprint density at radius 1 is 1.26 bits per heavy atom. The molecule has 0 radical (unpaired) electrons. The van der Waals surface area contributed by atoms with E-state index >= 15 is 0 Å². The molecule has 0 atom stereocenters. The van der Waals surface area contributed by atoms with Crippen molar-refractivity contribution in [1.82, 2.24) is 0 Å². The molecule has 0 saturated carbocycles. The maximum Gasteiger partial charge on any atom is 0.336 e. The van der Waals surface area contributed by atoms with E-state index in [9.17, 15) is 13.2 Å². The van der Waals surface area contributed by atoms with Crippen molar-refractivity contribution in [3.63, 3.8) is 0 Å². The van der Waals surface area contributed by atoms with Crippen molar-refractivity contribution in [1.29, 1.82) is 0 Å². The maximum absolute atomic E-state index is 11.4. The van der Waals surface area contributed by atoms with E-state index in [1.807, 2.05) is 0 Å². The number of fused-ring (bicyclic) bond motifs is 1. The Morgan fingerprint density at radius 3 is 2.63 bits per heavy atom. The Balaban J connectivity index is 2.51. The average molecular weight is 284 g/mol. The second kappa shape index (κ2) is 5.02. The third-order valence-corrected chi connectivity index (χ3v) is 3.01. The third-order valence-electron chi connectivity index (χ3n) is 2.47. The van der Waals surface area contributed by atoms with Gasteiger partial charge in [-0.05, 0) is 17.7 Å². The van der Waals surface area contributed by atoms with E-state index in [0.717, 1.165) is 6.26 Å². The molecule has 0 fully saturated rings. The fourth-order valence-corrected chi connectivity index (χ4v) is 1.97. The van der Waals surface area contributed by atoms with Crippen LogP contribution in [0.3, 0.4) is 0 Å². The fraction of sp³-hybridized carbons (Fsp3) is 0.250. The van der Waals surface area contributed by atoms with E-state index in [2.05, 4.69) is 0 Å². The first-order valence-corrected chi connectivity index (χ1v) is 7.16. The normalized spacial score (nSPS) is 11.7. The lowest BCUT2D eigenvalue weighted by Gasteiger charge is -2.06. The molecule has 0 aliphatic carbocycles. The summed E-state index contributed by atoms with van der Waals surface area (Å²) in [7, 11) is -2.08. The predicted octanol–water partition coefficient (Wildman–Crippen LogP) is 1.28. The molecule has 0 aliphatic rings. The van der Waals surface area contributed by atoms with Gasteiger partial charge in [-0.25, -0.2) is 4.79 Å². The number of rotatable bonds is 4. The van der Waals surface area contributed by atoms with E-state index in [4.69, 9.17) is 13.3 Å². The summed E-state index contributed by atoms with van der Waals surface area (Å²) in [6.45, 7) is -0.215.